The van der Waals surface area contributed by atoms with Gasteiger partial charge in [-0.1, -0.05) is 20.8 Å². The highest BCUT2D eigenvalue weighted by Gasteiger charge is 2.09. The van der Waals surface area contributed by atoms with Gasteiger partial charge in [-0.2, -0.15) is 0 Å². The van der Waals surface area contributed by atoms with Gasteiger partial charge in [-0.15, -0.1) is 0 Å². The fourth-order valence-corrected chi connectivity index (χ4v) is 2.84. The standard InChI is InChI=1S/C15H33N3/c1-4-16-10-7-12-17(5-2)14-9-15-18(6-3)13-8-11-16/h4-15H2,1-3H3. The Morgan fingerprint density at radius 1 is 0.500 bits per heavy atom. The molecule has 3 nitrogen and oxygen atoms in total. The first-order valence-corrected chi connectivity index (χ1v) is 7.97. The molecule has 0 aromatic carbocycles. The molecule has 0 aliphatic carbocycles. The Morgan fingerprint density at radius 2 is 0.722 bits per heavy atom. The maximum absolute atomic E-state index is 2.61. The average Bonchev–Trinajstić information content (AvgIpc) is 2.39. The monoisotopic (exact) mass is 255 g/mol. The summed E-state index contributed by atoms with van der Waals surface area (Å²) in [6, 6.07) is 0. The van der Waals surface area contributed by atoms with Crippen LogP contribution in [0.4, 0.5) is 0 Å². The summed E-state index contributed by atoms with van der Waals surface area (Å²) in [7, 11) is 0. The summed E-state index contributed by atoms with van der Waals surface area (Å²) in [5.41, 5.74) is 0. The first-order valence-electron chi connectivity index (χ1n) is 7.97. The maximum atomic E-state index is 2.61. The van der Waals surface area contributed by atoms with Crippen LogP contribution in [-0.4, -0.2) is 73.6 Å². The van der Waals surface area contributed by atoms with E-state index in [2.05, 4.69) is 35.5 Å². The number of hydrogen-bond donors (Lipinski definition) is 0. The molecule has 0 saturated carbocycles. The summed E-state index contributed by atoms with van der Waals surface area (Å²) < 4.78 is 0. The minimum atomic E-state index is 1.21. The molecule has 0 radical (unpaired) electrons. The lowest BCUT2D eigenvalue weighted by Gasteiger charge is -2.28. The van der Waals surface area contributed by atoms with Crippen molar-refractivity contribution in [3.05, 3.63) is 0 Å². The Hall–Kier alpha value is -0.120. The molecule has 0 aromatic heterocycles. The molecule has 108 valence electrons. The molecule has 1 aliphatic rings. The van der Waals surface area contributed by atoms with Crippen molar-refractivity contribution in [3.63, 3.8) is 0 Å². The Bertz CT molecular complexity index is 151. The van der Waals surface area contributed by atoms with E-state index in [0.717, 1.165) is 0 Å². The lowest BCUT2D eigenvalue weighted by atomic mass is 10.2. The molecule has 0 atom stereocenters. The minimum Gasteiger partial charge on any atom is -0.304 e. The predicted octanol–water partition coefficient (Wildman–Crippen LogP) is 2.14. The lowest BCUT2D eigenvalue weighted by molar-refractivity contribution is 0.192. The number of rotatable bonds is 3. The van der Waals surface area contributed by atoms with Crippen LogP contribution in [0.2, 0.25) is 0 Å². The molecule has 0 aromatic rings. The van der Waals surface area contributed by atoms with Crippen LogP contribution in [0.3, 0.4) is 0 Å². The number of hydrogen-bond acceptors (Lipinski definition) is 3. The van der Waals surface area contributed by atoms with Crippen LogP contribution in [0.5, 0.6) is 0 Å². The quantitative estimate of drug-likeness (QED) is 0.765. The molecular weight excluding hydrogens is 222 g/mol. The van der Waals surface area contributed by atoms with Crippen LogP contribution in [-0.2, 0) is 0 Å². The van der Waals surface area contributed by atoms with Crippen molar-refractivity contribution in [3.8, 4) is 0 Å². The van der Waals surface area contributed by atoms with Crippen molar-refractivity contribution in [2.45, 2.75) is 40.0 Å². The molecule has 1 saturated heterocycles. The smallest absolute Gasteiger partial charge is 0.000665 e. The summed E-state index contributed by atoms with van der Waals surface area (Å²) in [6.07, 6.45) is 4.00. The molecule has 3 heteroatoms. The van der Waals surface area contributed by atoms with Gasteiger partial charge in [-0.3, -0.25) is 0 Å². The van der Waals surface area contributed by atoms with E-state index >= 15 is 0 Å². The zero-order chi connectivity index (χ0) is 13.2. The predicted molar refractivity (Wildman–Crippen MR) is 80.2 cm³/mol. The van der Waals surface area contributed by atoms with Crippen LogP contribution < -0.4 is 0 Å². The first-order chi connectivity index (χ1) is 8.80. The molecule has 1 heterocycles. The van der Waals surface area contributed by atoms with Gasteiger partial charge in [-0.05, 0) is 78.2 Å². The summed E-state index contributed by atoms with van der Waals surface area (Å²) in [6.45, 7) is 18.2. The summed E-state index contributed by atoms with van der Waals surface area (Å²) >= 11 is 0. The van der Waals surface area contributed by atoms with E-state index in [0.29, 0.717) is 0 Å². The van der Waals surface area contributed by atoms with Gasteiger partial charge in [0.25, 0.3) is 0 Å². The highest BCUT2D eigenvalue weighted by molar-refractivity contribution is 4.65. The second kappa shape index (κ2) is 9.76. The van der Waals surface area contributed by atoms with Crippen molar-refractivity contribution in [2.75, 3.05) is 58.9 Å². The molecule has 1 fully saturated rings. The third-order valence-electron chi connectivity index (χ3n) is 4.19. The lowest BCUT2D eigenvalue weighted by Crippen LogP contribution is -2.36. The van der Waals surface area contributed by atoms with Crippen molar-refractivity contribution in [1.29, 1.82) is 0 Å². The SMILES string of the molecule is CCN1CCCN(CC)CCCN(CC)CCC1. The van der Waals surface area contributed by atoms with Gasteiger partial charge in [0.15, 0.2) is 0 Å². The van der Waals surface area contributed by atoms with E-state index < -0.39 is 0 Å². The van der Waals surface area contributed by atoms with Crippen molar-refractivity contribution in [2.24, 2.45) is 0 Å². The van der Waals surface area contributed by atoms with Gasteiger partial charge in [0.2, 0.25) is 0 Å². The minimum absolute atomic E-state index is 1.21. The first kappa shape index (κ1) is 15.9. The van der Waals surface area contributed by atoms with E-state index in [9.17, 15) is 0 Å². The highest BCUT2D eigenvalue weighted by atomic mass is 15.2. The van der Waals surface area contributed by atoms with Crippen molar-refractivity contribution in [1.82, 2.24) is 14.7 Å². The molecule has 1 rings (SSSR count). The van der Waals surface area contributed by atoms with Crippen molar-refractivity contribution >= 4 is 0 Å². The van der Waals surface area contributed by atoms with Crippen LogP contribution in [0, 0.1) is 0 Å². The molecule has 0 N–H and O–H groups in total. The van der Waals surface area contributed by atoms with Crippen LogP contribution >= 0.6 is 0 Å². The largest absolute Gasteiger partial charge is 0.304 e. The molecular formula is C15H33N3. The van der Waals surface area contributed by atoms with E-state index in [1.165, 1.54) is 78.2 Å². The van der Waals surface area contributed by atoms with Crippen LogP contribution in [0.1, 0.15) is 40.0 Å². The Morgan fingerprint density at radius 3 is 0.889 bits per heavy atom. The second-order valence-corrected chi connectivity index (χ2v) is 5.36. The van der Waals surface area contributed by atoms with Gasteiger partial charge < -0.3 is 14.7 Å². The van der Waals surface area contributed by atoms with Gasteiger partial charge in [0, 0.05) is 0 Å². The summed E-state index contributed by atoms with van der Waals surface area (Å²) in [5, 5.41) is 0. The topological polar surface area (TPSA) is 9.72 Å². The van der Waals surface area contributed by atoms with Crippen molar-refractivity contribution < 1.29 is 0 Å². The van der Waals surface area contributed by atoms with Gasteiger partial charge in [0.05, 0.1) is 0 Å². The normalized spacial score (nSPS) is 23.5. The summed E-state index contributed by atoms with van der Waals surface area (Å²) in [5.74, 6) is 0. The molecule has 1 aliphatic heterocycles. The van der Waals surface area contributed by atoms with Gasteiger partial charge in [-0.25, -0.2) is 0 Å². The Balaban J connectivity index is 2.44. The van der Waals surface area contributed by atoms with Crippen LogP contribution in [0.25, 0.3) is 0 Å². The van der Waals surface area contributed by atoms with E-state index in [-0.39, 0.29) is 0 Å². The highest BCUT2D eigenvalue weighted by Crippen LogP contribution is 2.03. The van der Waals surface area contributed by atoms with Crippen LogP contribution in [0.15, 0.2) is 0 Å². The van der Waals surface area contributed by atoms with Gasteiger partial charge >= 0.3 is 0 Å². The van der Waals surface area contributed by atoms with Gasteiger partial charge in [0.1, 0.15) is 0 Å². The molecule has 18 heavy (non-hydrogen) atoms. The zero-order valence-electron chi connectivity index (χ0n) is 12.8. The average molecular weight is 255 g/mol. The Labute approximate surface area is 114 Å². The molecule has 0 bridgehead atoms. The van der Waals surface area contributed by atoms with E-state index in [4.69, 9.17) is 0 Å². The fraction of sp³-hybridized carbons (Fsp3) is 1.00. The van der Waals surface area contributed by atoms with E-state index in [1.807, 2.05) is 0 Å². The summed E-state index contributed by atoms with van der Waals surface area (Å²) in [4.78, 5) is 7.84. The molecule has 0 spiro atoms. The third-order valence-corrected chi connectivity index (χ3v) is 4.19. The third kappa shape index (κ3) is 6.17. The molecule has 0 unspecified atom stereocenters. The molecule has 0 amide bonds. The zero-order valence-corrected chi connectivity index (χ0v) is 12.8. The maximum Gasteiger partial charge on any atom is -0.000665 e. The Kier molecular flexibility index (Phi) is 8.64. The number of nitrogens with zero attached hydrogens (tertiary/aromatic N) is 3. The fourth-order valence-electron chi connectivity index (χ4n) is 2.84. The second-order valence-electron chi connectivity index (χ2n) is 5.36. The van der Waals surface area contributed by atoms with E-state index in [1.54, 1.807) is 0 Å².